The maximum Gasteiger partial charge on any atom is 0.408 e. The van der Waals surface area contributed by atoms with E-state index in [4.69, 9.17) is 4.74 Å². The van der Waals surface area contributed by atoms with E-state index in [1.165, 1.54) is 18.1 Å². The number of carbonyl (C=O) groups excluding carboxylic acids is 4. The van der Waals surface area contributed by atoms with E-state index in [0.717, 1.165) is 0 Å². The number of phenols is 1. The van der Waals surface area contributed by atoms with Gasteiger partial charge in [-0.15, -0.1) is 0 Å². The molecule has 1 aromatic carbocycles. The fourth-order valence-electron chi connectivity index (χ4n) is 3.38. The lowest BCUT2D eigenvalue weighted by molar-refractivity contribution is -0.150. The van der Waals surface area contributed by atoms with Crippen LogP contribution in [0.3, 0.4) is 0 Å². The lowest BCUT2D eigenvalue weighted by Gasteiger charge is -2.44. The zero-order chi connectivity index (χ0) is 27.8. The fraction of sp³-hybridized carbons (Fsp3) is 0.600. The van der Waals surface area contributed by atoms with Crippen LogP contribution < -0.4 is 10.6 Å². The summed E-state index contributed by atoms with van der Waals surface area (Å²) < 4.78 is 9.80. The van der Waals surface area contributed by atoms with Gasteiger partial charge in [-0.05, 0) is 53.5 Å². The van der Waals surface area contributed by atoms with Crippen molar-refractivity contribution >= 4 is 23.9 Å². The summed E-state index contributed by atoms with van der Waals surface area (Å²) in [6, 6.07) is 1.89. The number of hydrogen-bond acceptors (Lipinski definition) is 8. The van der Waals surface area contributed by atoms with E-state index in [1.807, 2.05) is 0 Å². The number of methoxy groups -OCH3 is 1. The number of esters is 1. The molecule has 0 fully saturated rings. The Morgan fingerprint density at radius 2 is 1.72 bits per heavy atom. The van der Waals surface area contributed by atoms with Crippen LogP contribution in [0.4, 0.5) is 4.79 Å². The fourth-order valence-corrected chi connectivity index (χ4v) is 3.38. The van der Waals surface area contributed by atoms with Crippen molar-refractivity contribution in [3.05, 3.63) is 29.3 Å². The van der Waals surface area contributed by atoms with Crippen molar-refractivity contribution in [2.75, 3.05) is 20.3 Å². The number of ether oxygens (including phenoxy) is 2. The quantitative estimate of drug-likeness (QED) is 0.349. The Hall–Kier alpha value is -3.34. The summed E-state index contributed by atoms with van der Waals surface area (Å²) in [6.07, 6.45) is -0.550. The lowest BCUT2D eigenvalue weighted by Crippen LogP contribution is -2.60. The van der Waals surface area contributed by atoms with Gasteiger partial charge in [0.25, 0.3) is 0 Å². The Labute approximate surface area is 212 Å². The van der Waals surface area contributed by atoms with E-state index < -0.39 is 60.3 Å². The first kappa shape index (κ1) is 30.7. The number of amides is 3. The minimum absolute atomic E-state index is 0.112. The molecule has 0 bridgehead atoms. The van der Waals surface area contributed by atoms with Crippen LogP contribution in [0.1, 0.15) is 65.1 Å². The summed E-state index contributed by atoms with van der Waals surface area (Å²) in [6.45, 7) is 10.6. The molecule has 36 heavy (non-hydrogen) atoms. The van der Waals surface area contributed by atoms with E-state index in [9.17, 15) is 29.4 Å². The molecule has 0 radical (unpaired) electrons. The first-order valence-electron chi connectivity index (χ1n) is 11.7. The highest BCUT2D eigenvalue weighted by Gasteiger charge is 2.44. The maximum atomic E-state index is 13.8. The van der Waals surface area contributed by atoms with Gasteiger partial charge in [0.1, 0.15) is 30.0 Å². The third-order valence-electron chi connectivity index (χ3n) is 5.63. The molecule has 0 heterocycles. The van der Waals surface area contributed by atoms with Crippen molar-refractivity contribution in [1.82, 2.24) is 15.5 Å². The van der Waals surface area contributed by atoms with Crippen LogP contribution in [0.15, 0.2) is 18.2 Å². The van der Waals surface area contributed by atoms with Gasteiger partial charge in [-0.3, -0.25) is 14.4 Å². The van der Waals surface area contributed by atoms with Gasteiger partial charge in [0.15, 0.2) is 0 Å². The van der Waals surface area contributed by atoms with Crippen LogP contribution in [0, 0.1) is 6.92 Å². The molecule has 0 saturated carbocycles. The van der Waals surface area contributed by atoms with E-state index >= 15 is 0 Å². The Kier molecular flexibility index (Phi) is 10.7. The second-order valence-electron chi connectivity index (χ2n) is 9.96. The molecular weight excluding hydrogens is 470 g/mol. The second-order valence-corrected chi connectivity index (χ2v) is 9.96. The van der Waals surface area contributed by atoms with Crippen LogP contribution in [-0.2, 0) is 23.9 Å². The molecule has 202 valence electrons. The molecule has 0 spiro atoms. The maximum absolute atomic E-state index is 13.8. The van der Waals surface area contributed by atoms with E-state index in [0.29, 0.717) is 12.0 Å². The zero-order valence-electron chi connectivity index (χ0n) is 22.3. The van der Waals surface area contributed by atoms with Crippen LogP contribution >= 0.6 is 0 Å². The van der Waals surface area contributed by atoms with Crippen molar-refractivity contribution in [3.8, 4) is 5.75 Å². The van der Waals surface area contributed by atoms with E-state index in [2.05, 4.69) is 15.4 Å². The van der Waals surface area contributed by atoms with Gasteiger partial charge < -0.3 is 35.2 Å². The first-order valence-corrected chi connectivity index (χ1v) is 11.7. The highest BCUT2D eigenvalue weighted by atomic mass is 16.6. The summed E-state index contributed by atoms with van der Waals surface area (Å²) in [5.41, 5.74) is -1.27. The summed E-state index contributed by atoms with van der Waals surface area (Å²) in [7, 11) is 1.17. The molecule has 2 unspecified atom stereocenters. The smallest absolute Gasteiger partial charge is 0.408 e. The number of hydrogen-bond donors (Lipinski definition) is 4. The van der Waals surface area contributed by atoms with Gasteiger partial charge >= 0.3 is 12.1 Å². The van der Waals surface area contributed by atoms with Crippen LogP contribution in [0.2, 0.25) is 0 Å². The molecule has 0 saturated heterocycles. The van der Waals surface area contributed by atoms with E-state index in [1.54, 1.807) is 60.6 Å². The van der Waals surface area contributed by atoms with Gasteiger partial charge in [-0.1, -0.05) is 25.1 Å². The van der Waals surface area contributed by atoms with Gasteiger partial charge in [-0.25, -0.2) is 4.79 Å². The molecular formula is C25H39N3O8. The number of aryl methyl sites for hydroxylation is 1. The van der Waals surface area contributed by atoms with Crippen molar-refractivity contribution in [2.45, 2.75) is 78.1 Å². The van der Waals surface area contributed by atoms with Crippen LogP contribution in [0.5, 0.6) is 5.75 Å². The third kappa shape index (κ3) is 8.11. The van der Waals surface area contributed by atoms with Gasteiger partial charge in [0, 0.05) is 11.1 Å². The Balaban J connectivity index is 3.62. The number of carbonyl (C=O) groups is 4. The average Bonchev–Trinajstić information content (AvgIpc) is 2.79. The topological polar surface area (TPSA) is 154 Å². The predicted molar refractivity (Wildman–Crippen MR) is 132 cm³/mol. The Morgan fingerprint density at radius 3 is 2.22 bits per heavy atom. The lowest BCUT2D eigenvalue weighted by atomic mass is 9.91. The van der Waals surface area contributed by atoms with E-state index in [-0.39, 0.29) is 11.3 Å². The minimum Gasteiger partial charge on any atom is -0.507 e. The first-order chi connectivity index (χ1) is 16.6. The molecule has 11 heteroatoms. The number of para-hydroxylation sites is 1. The Bertz CT molecular complexity index is 955. The highest BCUT2D eigenvalue weighted by Crippen LogP contribution is 2.37. The number of rotatable bonds is 10. The third-order valence-corrected chi connectivity index (χ3v) is 5.63. The molecule has 0 aliphatic rings. The summed E-state index contributed by atoms with van der Waals surface area (Å²) in [5.74, 6) is -2.46. The van der Waals surface area contributed by atoms with Gasteiger partial charge in [0.05, 0.1) is 13.7 Å². The van der Waals surface area contributed by atoms with Gasteiger partial charge in [-0.2, -0.15) is 0 Å². The number of aliphatic hydroxyl groups is 1. The molecule has 1 rings (SSSR count). The average molecular weight is 510 g/mol. The molecule has 0 aliphatic carbocycles. The van der Waals surface area contributed by atoms with Crippen LogP contribution in [0.25, 0.3) is 0 Å². The molecule has 0 aliphatic heterocycles. The van der Waals surface area contributed by atoms with Crippen molar-refractivity contribution in [3.63, 3.8) is 0 Å². The molecule has 2 atom stereocenters. The number of alkyl carbamates (subject to hydrolysis) is 1. The summed E-state index contributed by atoms with van der Waals surface area (Å²) >= 11 is 0. The summed E-state index contributed by atoms with van der Waals surface area (Å²) in [4.78, 5) is 52.5. The predicted octanol–water partition coefficient (Wildman–Crippen LogP) is 1.93. The van der Waals surface area contributed by atoms with Crippen LogP contribution in [-0.4, -0.2) is 76.4 Å². The number of nitrogens with zero attached hydrogens (tertiary/aromatic N) is 1. The van der Waals surface area contributed by atoms with Crippen molar-refractivity contribution in [2.24, 2.45) is 0 Å². The number of benzene rings is 1. The Morgan fingerprint density at radius 1 is 1.11 bits per heavy atom. The van der Waals surface area contributed by atoms with Gasteiger partial charge in [0.2, 0.25) is 11.8 Å². The second kappa shape index (κ2) is 12.6. The zero-order valence-corrected chi connectivity index (χ0v) is 22.3. The number of aliphatic hydroxyl groups excluding tert-OH is 1. The largest absolute Gasteiger partial charge is 0.507 e. The highest BCUT2D eigenvalue weighted by molar-refractivity contribution is 5.94. The summed E-state index contributed by atoms with van der Waals surface area (Å²) in [5, 5.41) is 25.6. The number of phenolic OH excluding ortho intramolecular Hbond substituents is 1. The minimum atomic E-state index is -1.45. The molecule has 3 amide bonds. The molecule has 0 aromatic heterocycles. The number of nitrogens with one attached hydrogen (secondary N) is 2. The number of aromatic hydroxyl groups is 1. The standard InChI is InChI=1S/C25H39N3O8/c1-9-25(6,7)28(22(33)17(14-29)27-23(34)36-24(3,4)5)19(21(32)26-13-18(30)35-8)16-12-10-11-15(2)20(16)31/h10-12,17,19,29,31H,9,13-14H2,1-8H3,(H,26,32)(H,27,34). The van der Waals surface area contributed by atoms with Crippen molar-refractivity contribution in [1.29, 1.82) is 0 Å². The molecule has 11 nitrogen and oxygen atoms in total. The SMILES string of the molecule is CCC(C)(C)N(C(=O)C(CO)NC(=O)OC(C)(C)C)C(C(=O)NCC(=O)OC)c1cccc(C)c1O. The molecule has 4 N–H and O–H groups in total. The monoisotopic (exact) mass is 509 g/mol. The normalized spacial score (nSPS) is 13.2. The molecule has 1 aromatic rings. The van der Waals surface area contributed by atoms with Crippen molar-refractivity contribution < 1.29 is 38.9 Å².